The van der Waals surface area contributed by atoms with E-state index in [-0.39, 0.29) is 5.91 Å². The van der Waals surface area contributed by atoms with Crippen molar-refractivity contribution in [2.24, 2.45) is 5.10 Å². The molecule has 4 heteroatoms. The van der Waals surface area contributed by atoms with Crippen molar-refractivity contribution in [3.05, 3.63) is 65.5 Å². The predicted octanol–water partition coefficient (Wildman–Crippen LogP) is 3.19. The Balaban J connectivity index is 2.02. The molecule has 2 rings (SSSR count). The van der Waals surface area contributed by atoms with E-state index >= 15 is 0 Å². The fourth-order valence-electron chi connectivity index (χ4n) is 1.96. The third-order valence-corrected chi connectivity index (χ3v) is 3.16. The first-order valence-corrected chi connectivity index (χ1v) is 7.04. The van der Waals surface area contributed by atoms with Crippen LogP contribution >= 0.6 is 0 Å². The number of amides is 1. The van der Waals surface area contributed by atoms with Crippen LogP contribution in [0.3, 0.4) is 0 Å². The summed E-state index contributed by atoms with van der Waals surface area (Å²) in [5.74, 6) is -0.259. The summed E-state index contributed by atoms with van der Waals surface area (Å²) < 4.78 is 0. The molecule has 0 fully saturated rings. The SMILES string of the molecule is CCCc1ccc(/C(C)=N/NC(=O)c2cccnc2)cc1. The summed E-state index contributed by atoms with van der Waals surface area (Å²) >= 11 is 0. The third-order valence-electron chi connectivity index (χ3n) is 3.16. The molecule has 0 saturated heterocycles. The number of nitrogens with one attached hydrogen (secondary N) is 1. The molecule has 0 aliphatic heterocycles. The lowest BCUT2D eigenvalue weighted by atomic mass is 10.1. The van der Waals surface area contributed by atoms with Crippen molar-refractivity contribution in [3.63, 3.8) is 0 Å². The molecule has 1 amide bonds. The van der Waals surface area contributed by atoms with Gasteiger partial charge in [0.25, 0.3) is 5.91 Å². The number of aryl methyl sites for hydroxylation is 1. The van der Waals surface area contributed by atoms with Gasteiger partial charge in [-0.25, -0.2) is 5.43 Å². The maximum absolute atomic E-state index is 11.9. The molecular weight excluding hydrogens is 262 g/mol. The number of hydrazone groups is 1. The Labute approximate surface area is 124 Å². The van der Waals surface area contributed by atoms with Crippen LogP contribution in [-0.2, 0) is 6.42 Å². The Morgan fingerprint density at radius 3 is 2.57 bits per heavy atom. The summed E-state index contributed by atoms with van der Waals surface area (Å²) in [7, 11) is 0. The van der Waals surface area contributed by atoms with Crippen LogP contribution in [0.25, 0.3) is 0 Å². The number of hydrogen-bond acceptors (Lipinski definition) is 3. The molecule has 0 saturated carbocycles. The summed E-state index contributed by atoms with van der Waals surface area (Å²) in [6, 6.07) is 11.7. The van der Waals surface area contributed by atoms with Gasteiger partial charge in [0.05, 0.1) is 11.3 Å². The minimum atomic E-state index is -0.259. The molecule has 0 bridgehead atoms. The van der Waals surface area contributed by atoms with Crippen molar-refractivity contribution in [2.75, 3.05) is 0 Å². The lowest BCUT2D eigenvalue weighted by Crippen LogP contribution is -2.19. The van der Waals surface area contributed by atoms with E-state index in [1.165, 1.54) is 11.8 Å². The number of hydrogen-bond donors (Lipinski definition) is 1. The van der Waals surface area contributed by atoms with E-state index in [0.717, 1.165) is 24.1 Å². The van der Waals surface area contributed by atoms with Gasteiger partial charge in [-0.15, -0.1) is 0 Å². The highest BCUT2D eigenvalue weighted by molar-refractivity contribution is 6.00. The third kappa shape index (κ3) is 4.24. The van der Waals surface area contributed by atoms with Gasteiger partial charge in [-0.2, -0.15) is 5.10 Å². The first kappa shape index (κ1) is 14.9. The first-order chi connectivity index (χ1) is 10.2. The van der Waals surface area contributed by atoms with E-state index in [0.29, 0.717) is 5.56 Å². The van der Waals surface area contributed by atoms with E-state index in [4.69, 9.17) is 0 Å². The summed E-state index contributed by atoms with van der Waals surface area (Å²) in [5.41, 5.74) is 6.13. The molecule has 1 aromatic carbocycles. The normalized spacial score (nSPS) is 11.2. The molecule has 4 nitrogen and oxygen atoms in total. The van der Waals surface area contributed by atoms with Crippen molar-refractivity contribution in [3.8, 4) is 0 Å². The minimum absolute atomic E-state index is 0.259. The van der Waals surface area contributed by atoms with Crippen LogP contribution in [0.1, 0.15) is 41.8 Å². The first-order valence-electron chi connectivity index (χ1n) is 7.04. The Kier molecular flexibility index (Phi) is 5.21. The number of benzene rings is 1. The van der Waals surface area contributed by atoms with Crippen LogP contribution in [-0.4, -0.2) is 16.6 Å². The van der Waals surface area contributed by atoms with Crippen LogP contribution in [0, 0.1) is 0 Å². The number of aromatic nitrogens is 1. The maximum atomic E-state index is 11.9. The fourth-order valence-corrected chi connectivity index (χ4v) is 1.96. The molecule has 0 spiro atoms. The summed E-state index contributed by atoms with van der Waals surface area (Å²) in [6.07, 6.45) is 5.35. The monoisotopic (exact) mass is 281 g/mol. The number of nitrogens with zero attached hydrogens (tertiary/aromatic N) is 2. The van der Waals surface area contributed by atoms with Crippen molar-refractivity contribution >= 4 is 11.6 Å². The number of pyridine rings is 1. The van der Waals surface area contributed by atoms with Crippen molar-refractivity contribution in [1.29, 1.82) is 0 Å². The largest absolute Gasteiger partial charge is 0.272 e. The number of carbonyl (C=O) groups excluding carboxylic acids is 1. The fraction of sp³-hybridized carbons (Fsp3) is 0.235. The quantitative estimate of drug-likeness (QED) is 0.676. The smallest absolute Gasteiger partial charge is 0.267 e. The predicted molar refractivity (Wildman–Crippen MR) is 84.4 cm³/mol. The second-order valence-corrected chi connectivity index (χ2v) is 4.83. The van der Waals surface area contributed by atoms with Crippen molar-refractivity contribution in [1.82, 2.24) is 10.4 Å². The van der Waals surface area contributed by atoms with E-state index < -0.39 is 0 Å². The van der Waals surface area contributed by atoms with Gasteiger partial charge in [-0.1, -0.05) is 37.6 Å². The van der Waals surface area contributed by atoms with Crippen LogP contribution < -0.4 is 5.43 Å². The molecule has 1 aromatic heterocycles. The summed E-state index contributed by atoms with van der Waals surface area (Å²) in [5, 5.41) is 4.14. The van der Waals surface area contributed by atoms with E-state index in [1.807, 2.05) is 19.1 Å². The topological polar surface area (TPSA) is 54.4 Å². The van der Waals surface area contributed by atoms with Gasteiger partial charge in [-0.05, 0) is 36.6 Å². The molecule has 2 aromatic rings. The van der Waals surface area contributed by atoms with Gasteiger partial charge in [0.15, 0.2) is 0 Å². The van der Waals surface area contributed by atoms with Gasteiger partial charge < -0.3 is 0 Å². The molecule has 0 unspecified atom stereocenters. The van der Waals surface area contributed by atoms with Crippen molar-refractivity contribution in [2.45, 2.75) is 26.7 Å². The Morgan fingerprint density at radius 2 is 1.95 bits per heavy atom. The van der Waals surface area contributed by atoms with Gasteiger partial charge >= 0.3 is 0 Å². The second-order valence-electron chi connectivity index (χ2n) is 4.83. The highest BCUT2D eigenvalue weighted by atomic mass is 16.2. The average molecular weight is 281 g/mol. The second kappa shape index (κ2) is 7.33. The molecule has 0 atom stereocenters. The molecule has 1 heterocycles. The molecule has 0 aliphatic rings. The molecular formula is C17H19N3O. The van der Waals surface area contributed by atoms with Gasteiger partial charge in [-0.3, -0.25) is 9.78 Å². The Hall–Kier alpha value is -2.49. The maximum Gasteiger partial charge on any atom is 0.272 e. The Bertz CT molecular complexity index is 618. The molecule has 0 radical (unpaired) electrons. The van der Waals surface area contributed by atoms with Gasteiger partial charge in [0.1, 0.15) is 0 Å². The minimum Gasteiger partial charge on any atom is -0.267 e. The molecule has 1 N–H and O–H groups in total. The lowest BCUT2D eigenvalue weighted by molar-refractivity contribution is 0.0954. The van der Waals surface area contributed by atoms with Gasteiger partial charge in [0.2, 0.25) is 0 Å². The van der Waals surface area contributed by atoms with E-state index in [9.17, 15) is 4.79 Å². The standard InChI is InChI=1S/C17H19N3O/c1-3-5-14-7-9-15(10-8-14)13(2)19-20-17(21)16-6-4-11-18-12-16/h4,6-12H,3,5H2,1-2H3,(H,20,21)/b19-13+. The molecule has 0 aliphatic carbocycles. The zero-order valence-electron chi connectivity index (χ0n) is 12.3. The van der Waals surface area contributed by atoms with Crippen molar-refractivity contribution < 1.29 is 4.79 Å². The molecule has 108 valence electrons. The van der Waals surface area contributed by atoms with Crippen LogP contribution in [0.2, 0.25) is 0 Å². The summed E-state index contributed by atoms with van der Waals surface area (Å²) in [6.45, 7) is 4.03. The zero-order valence-corrected chi connectivity index (χ0v) is 12.3. The molecule has 21 heavy (non-hydrogen) atoms. The van der Waals surface area contributed by atoms with Gasteiger partial charge in [0, 0.05) is 12.4 Å². The number of carbonyl (C=O) groups is 1. The highest BCUT2D eigenvalue weighted by Crippen LogP contribution is 2.07. The van der Waals surface area contributed by atoms with Crippen LogP contribution in [0.15, 0.2) is 53.9 Å². The Morgan fingerprint density at radius 1 is 1.19 bits per heavy atom. The summed E-state index contributed by atoms with van der Waals surface area (Å²) in [4.78, 5) is 15.8. The zero-order chi connectivity index (χ0) is 15.1. The van der Waals surface area contributed by atoms with Crippen LogP contribution in [0.5, 0.6) is 0 Å². The van der Waals surface area contributed by atoms with Crippen LogP contribution in [0.4, 0.5) is 0 Å². The average Bonchev–Trinajstić information content (AvgIpc) is 2.54. The highest BCUT2D eigenvalue weighted by Gasteiger charge is 2.04. The lowest BCUT2D eigenvalue weighted by Gasteiger charge is -2.04. The number of rotatable bonds is 5. The van der Waals surface area contributed by atoms with E-state index in [1.54, 1.807) is 18.3 Å². The van der Waals surface area contributed by atoms with E-state index in [2.05, 4.69) is 34.6 Å².